The lowest BCUT2D eigenvalue weighted by Gasteiger charge is -2.27. The van der Waals surface area contributed by atoms with E-state index < -0.39 is 0 Å². The summed E-state index contributed by atoms with van der Waals surface area (Å²) < 4.78 is 0. The first kappa shape index (κ1) is 14.1. The van der Waals surface area contributed by atoms with Crippen LogP contribution in [-0.2, 0) is 0 Å². The van der Waals surface area contributed by atoms with Gasteiger partial charge in [0.2, 0.25) is 0 Å². The van der Waals surface area contributed by atoms with Crippen molar-refractivity contribution in [3.05, 3.63) is 21.9 Å². The maximum atomic E-state index is 12.1. The summed E-state index contributed by atoms with van der Waals surface area (Å²) in [5, 5.41) is 3.13. The monoisotopic (exact) mass is 276 g/mol. The lowest BCUT2D eigenvalue weighted by Crippen LogP contribution is -2.37. The Labute approximate surface area is 118 Å². The standard InChI is InChI=1S/C15H20N2OS/c1-11-4-2-5-12(10-11)17-15(18)14-8-7-13(19-14)6-3-9-16/h7-8,11-12H,2,4-5,9-10,16H2,1H3,(H,17,18). The maximum Gasteiger partial charge on any atom is 0.261 e. The molecule has 1 aromatic rings. The van der Waals surface area contributed by atoms with Crippen molar-refractivity contribution in [2.75, 3.05) is 6.54 Å². The highest BCUT2D eigenvalue weighted by Crippen LogP contribution is 2.24. The van der Waals surface area contributed by atoms with Gasteiger partial charge in [-0.05, 0) is 30.9 Å². The Morgan fingerprint density at radius 1 is 1.53 bits per heavy atom. The van der Waals surface area contributed by atoms with Crippen LogP contribution in [0, 0.1) is 17.8 Å². The molecule has 2 unspecified atom stereocenters. The van der Waals surface area contributed by atoms with Crippen molar-refractivity contribution in [3.8, 4) is 11.8 Å². The second kappa shape index (κ2) is 6.74. The summed E-state index contributed by atoms with van der Waals surface area (Å²) in [7, 11) is 0. The summed E-state index contributed by atoms with van der Waals surface area (Å²) in [6.45, 7) is 2.60. The molecule has 102 valence electrons. The summed E-state index contributed by atoms with van der Waals surface area (Å²) in [5.74, 6) is 6.50. The maximum absolute atomic E-state index is 12.1. The average Bonchev–Trinajstić information content (AvgIpc) is 2.85. The highest BCUT2D eigenvalue weighted by atomic mass is 32.1. The minimum Gasteiger partial charge on any atom is -0.349 e. The van der Waals surface area contributed by atoms with E-state index in [1.54, 1.807) is 0 Å². The third kappa shape index (κ3) is 4.09. The first-order valence-corrected chi connectivity index (χ1v) is 7.60. The molecule has 0 aliphatic heterocycles. The van der Waals surface area contributed by atoms with Gasteiger partial charge < -0.3 is 11.1 Å². The topological polar surface area (TPSA) is 55.1 Å². The molecule has 0 spiro atoms. The number of rotatable bonds is 2. The third-order valence-corrected chi connectivity index (χ3v) is 4.41. The average molecular weight is 276 g/mol. The van der Waals surface area contributed by atoms with Crippen LogP contribution in [0.25, 0.3) is 0 Å². The Bertz CT molecular complexity index is 498. The minimum atomic E-state index is 0.0323. The Morgan fingerprint density at radius 2 is 2.37 bits per heavy atom. The van der Waals surface area contributed by atoms with Crippen LogP contribution in [0.5, 0.6) is 0 Å². The number of nitrogens with one attached hydrogen (secondary N) is 1. The van der Waals surface area contributed by atoms with Crippen molar-refractivity contribution in [1.82, 2.24) is 5.32 Å². The van der Waals surface area contributed by atoms with Crippen LogP contribution < -0.4 is 11.1 Å². The number of hydrogen-bond donors (Lipinski definition) is 2. The highest BCUT2D eigenvalue weighted by molar-refractivity contribution is 7.14. The van der Waals surface area contributed by atoms with Crippen molar-refractivity contribution in [2.45, 2.75) is 38.6 Å². The molecule has 0 radical (unpaired) electrons. The van der Waals surface area contributed by atoms with E-state index in [2.05, 4.69) is 24.1 Å². The van der Waals surface area contributed by atoms with Gasteiger partial charge in [-0.15, -0.1) is 11.3 Å². The highest BCUT2D eigenvalue weighted by Gasteiger charge is 2.21. The van der Waals surface area contributed by atoms with E-state index in [-0.39, 0.29) is 5.91 Å². The van der Waals surface area contributed by atoms with Gasteiger partial charge in [-0.1, -0.05) is 31.6 Å². The molecule has 2 rings (SSSR count). The van der Waals surface area contributed by atoms with Gasteiger partial charge in [0, 0.05) is 6.04 Å². The number of amides is 1. The summed E-state index contributed by atoms with van der Waals surface area (Å²) in [5.41, 5.74) is 5.33. The Hall–Kier alpha value is -1.31. The van der Waals surface area contributed by atoms with E-state index in [0.717, 1.165) is 22.6 Å². The van der Waals surface area contributed by atoms with Gasteiger partial charge >= 0.3 is 0 Å². The normalized spacial score (nSPS) is 22.4. The predicted octanol–water partition coefficient (Wildman–Crippen LogP) is 2.37. The Kier molecular flexibility index (Phi) is 5.00. The number of nitrogens with two attached hydrogens (primary N) is 1. The van der Waals surface area contributed by atoms with Gasteiger partial charge in [0.25, 0.3) is 5.91 Å². The first-order chi connectivity index (χ1) is 9.19. The van der Waals surface area contributed by atoms with E-state index in [1.165, 1.54) is 24.2 Å². The molecule has 0 bridgehead atoms. The summed E-state index contributed by atoms with van der Waals surface area (Å²) in [6, 6.07) is 4.05. The smallest absolute Gasteiger partial charge is 0.261 e. The zero-order valence-corrected chi connectivity index (χ0v) is 12.1. The number of carbonyl (C=O) groups excluding carboxylic acids is 1. The molecule has 1 saturated carbocycles. The van der Waals surface area contributed by atoms with Crippen LogP contribution in [0.1, 0.15) is 47.2 Å². The number of hydrogen-bond acceptors (Lipinski definition) is 3. The fraction of sp³-hybridized carbons (Fsp3) is 0.533. The van der Waals surface area contributed by atoms with Crippen molar-refractivity contribution in [1.29, 1.82) is 0 Å². The van der Waals surface area contributed by atoms with Gasteiger partial charge in [-0.3, -0.25) is 4.79 Å². The van der Waals surface area contributed by atoms with Crippen LogP contribution in [0.3, 0.4) is 0 Å². The van der Waals surface area contributed by atoms with Crippen molar-refractivity contribution in [3.63, 3.8) is 0 Å². The number of thiophene rings is 1. The lowest BCUT2D eigenvalue weighted by molar-refractivity contribution is 0.0925. The zero-order valence-electron chi connectivity index (χ0n) is 11.2. The second-order valence-electron chi connectivity index (χ2n) is 5.11. The molecule has 1 amide bonds. The van der Waals surface area contributed by atoms with E-state index in [4.69, 9.17) is 5.73 Å². The molecule has 19 heavy (non-hydrogen) atoms. The fourth-order valence-corrected chi connectivity index (χ4v) is 3.27. The quantitative estimate of drug-likeness (QED) is 0.815. The molecule has 1 fully saturated rings. The van der Waals surface area contributed by atoms with Crippen molar-refractivity contribution < 1.29 is 4.79 Å². The van der Waals surface area contributed by atoms with E-state index in [0.29, 0.717) is 18.5 Å². The summed E-state index contributed by atoms with van der Waals surface area (Å²) in [4.78, 5) is 13.8. The third-order valence-electron chi connectivity index (χ3n) is 3.42. The summed E-state index contributed by atoms with van der Waals surface area (Å²) in [6.07, 6.45) is 4.69. The Balaban J connectivity index is 1.94. The van der Waals surface area contributed by atoms with Gasteiger partial charge in [0.05, 0.1) is 16.3 Å². The van der Waals surface area contributed by atoms with Gasteiger partial charge in [0.15, 0.2) is 0 Å². The van der Waals surface area contributed by atoms with Crippen LogP contribution in [0.15, 0.2) is 12.1 Å². The van der Waals surface area contributed by atoms with Crippen LogP contribution in [0.4, 0.5) is 0 Å². The van der Waals surface area contributed by atoms with Crippen LogP contribution in [-0.4, -0.2) is 18.5 Å². The molecule has 0 saturated heterocycles. The molecule has 4 heteroatoms. The van der Waals surface area contributed by atoms with Gasteiger partial charge in [-0.2, -0.15) is 0 Å². The molecule has 1 aromatic heterocycles. The number of carbonyl (C=O) groups is 1. The van der Waals surface area contributed by atoms with E-state index in [9.17, 15) is 4.79 Å². The van der Waals surface area contributed by atoms with E-state index >= 15 is 0 Å². The predicted molar refractivity (Wildman–Crippen MR) is 79.1 cm³/mol. The van der Waals surface area contributed by atoms with Crippen molar-refractivity contribution >= 4 is 17.2 Å². The molecule has 2 atom stereocenters. The molecule has 3 N–H and O–H groups in total. The Morgan fingerprint density at radius 3 is 3.11 bits per heavy atom. The lowest BCUT2D eigenvalue weighted by atomic mass is 9.87. The molecule has 1 aliphatic rings. The summed E-state index contributed by atoms with van der Waals surface area (Å²) >= 11 is 1.43. The van der Waals surface area contributed by atoms with Gasteiger partial charge in [0.1, 0.15) is 0 Å². The van der Waals surface area contributed by atoms with Gasteiger partial charge in [-0.25, -0.2) is 0 Å². The molecule has 1 aliphatic carbocycles. The van der Waals surface area contributed by atoms with Crippen LogP contribution in [0.2, 0.25) is 0 Å². The SMILES string of the molecule is CC1CCCC(NC(=O)c2ccc(C#CCN)s2)C1. The largest absolute Gasteiger partial charge is 0.349 e. The molecule has 1 heterocycles. The van der Waals surface area contributed by atoms with E-state index in [1.807, 2.05) is 12.1 Å². The molecule has 3 nitrogen and oxygen atoms in total. The molecular weight excluding hydrogens is 256 g/mol. The second-order valence-corrected chi connectivity index (χ2v) is 6.20. The zero-order chi connectivity index (χ0) is 13.7. The minimum absolute atomic E-state index is 0.0323. The fourth-order valence-electron chi connectivity index (χ4n) is 2.49. The van der Waals surface area contributed by atoms with Crippen molar-refractivity contribution in [2.24, 2.45) is 11.7 Å². The first-order valence-electron chi connectivity index (χ1n) is 6.78. The molecular formula is C15H20N2OS. The van der Waals surface area contributed by atoms with Crippen LogP contribution >= 0.6 is 11.3 Å². The molecule has 0 aromatic carbocycles.